The molecular weight excluding hydrogens is 319 g/mol. The van der Waals surface area contributed by atoms with Gasteiger partial charge in [0, 0.05) is 13.1 Å². The zero-order valence-electron chi connectivity index (χ0n) is 14.1. The maximum Gasteiger partial charge on any atom is 0.416 e. The monoisotopic (exact) mass is 341 g/mol. The molecule has 1 amide bonds. The van der Waals surface area contributed by atoms with Crippen LogP contribution in [0.1, 0.15) is 44.7 Å². The molecule has 24 heavy (non-hydrogen) atoms. The van der Waals surface area contributed by atoms with Crippen molar-refractivity contribution in [3.8, 4) is 0 Å². The van der Waals surface area contributed by atoms with E-state index in [1.165, 1.54) is 6.07 Å². The Morgan fingerprint density at radius 3 is 2.33 bits per heavy atom. The summed E-state index contributed by atoms with van der Waals surface area (Å²) in [5.41, 5.74) is 0.383. The number of hydrogen-bond acceptors (Lipinski definition) is 2. The molecule has 3 nitrogen and oxygen atoms in total. The zero-order valence-corrected chi connectivity index (χ0v) is 14.1. The van der Waals surface area contributed by atoms with Crippen LogP contribution in [-0.4, -0.2) is 29.7 Å². The molecule has 1 saturated heterocycles. The molecule has 1 aliphatic rings. The zero-order chi connectivity index (χ0) is 18.0. The van der Waals surface area contributed by atoms with Crippen LogP contribution < -0.4 is 0 Å². The average molecular weight is 341 g/mol. The van der Waals surface area contributed by atoms with E-state index in [9.17, 15) is 18.0 Å². The lowest BCUT2D eigenvalue weighted by Crippen LogP contribution is -2.40. The van der Waals surface area contributed by atoms with Crippen molar-refractivity contribution in [3.05, 3.63) is 41.0 Å². The van der Waals surface area contributed by atoms with Gasteiger partial charge in [0.25, 0.3) is 0 Å². The highest BCUT2D eigenvalue weighted by molar-refractivity contribution is 5.68. The minimum atomic E-state index is -4.34. The lowest BCUT2D eigenvalue weighted by Gasteiger charge is -2.31. The Hall–Kier alpha value is -1.98. The minimum absolute atomic E-state index is 0.347. The number of ether oxygens (including phenoxy) is 1. The summed E-state index contributed by atoms with van der Waals surface area (Å²) >= 11 is 0. The van der Waals surface area contributed by atoms with Gasteiger partial charge in [0.05, 0.1) is 5.56 Å². The Kier molecular flexibility index (Phi) is 5.26. The highest BCUT2D eigenvalue weighted by atomic mass is 19.4. The SMILES string of the molecule is CC(C)(C)OC(=O)N1CCC(=Cc2cccc(C(F)(F)F)c2)CC1. The van der Waals surface area contributed by atoms with Crippen LogP contribution >= 0.6 is 0 Å². The molecule has 1 heterocycles. The first-order valence-corrected chi connectivity index (χ1v) is 7.89. The smallest absolute Gasteiger partial charge is 0.416 e. The van der Waals surface area contributed by atoms with Gasteiger partial charge < -0.3 is 9.64 Å². The molecule has 0 unspecified atom stereocenters. The standard InChI is InChI=1S/C18H22F3NO2/c1-17(2,3)24-16(23)22-9-7-13(8-10-22)11-14-5-4-6-15(12-14)18(19,20)21/h4-6,11-12H,7-10H2,1-3H3. The maximum absolute atomic E-state index is 12.7. The Labute approximate surface area is 140 Å². The number of carbonyl (C=O) groups excluding carboxylic acids is 1. The Bertz CT molecular complexity index is 620. The fourth-order valence-corrected chi connectivity index (χ4v) is 2.49. The molecule has 0 N–H and O–H groups in total. The molecule has 1 fully saturated rings. The lowest BCUT2D eigenvalue weighted by molar-refractivity contribution is -0.137. The lowest BCUT2D eigenvalue weighted by atomic mass is 10.0. The van der Waals surface area contributed by atoms with Crippen molar-refractivity contribution >= 4 is 12.2 Å². The van der Waals surface area contributed by atoms with Crippen LogP contribution in [0.15, 0.2) is 29.8 Å². The number of benzene rings is 1. The number of halogens is 3. The van der Waals surface area contributed by atoms with Crippen LogP contribution in [0.3, 0.4) is 0 Å². The second-order valence-corrected chi connectivity index (χ2v) is 6.89. The van der Waals surface area contributed by atoms with Crippen molar-refractivity contribution in [2.75, 3.05) is 13.1 Å². The van der Waals surface area contributed by atoms with Crippen LogP contribution in [-0.2, 0) is 10.9 Å². The van der Waals surface area contributed by atoms with E-state index in [0.29, 0.717) is 31.5 Å². The number of alkyl halides is 3. The van der Waals surface area contributed by atoms with Gasteiger partial charge in [0.2, 0.25) is 0 Å². The molecule has 0 saturated carbocycles. The molecule has 0 aliphatic carbocycles. The number of rotatable bonds is 1. The first kappa shape index (κ1) is 18.4. The van der Waals surface area contributed by atoms with Gasteiger partial charge in [-0.05, 0) is 51.3 Å². The van der Waals surface area contributed by atoms with Crippen LogP contribution in [0.4, 0.5) is 18.0 Å². The Morgan fingerprint density at radius 2 is 1.79 bits per heavy atom. The molecule has 0 spiro atoms. The quantitative estimate of drug-likeness (QED) is 0.709. The summed E-state index contributed by atoms with van der Waals surface area (Å²) in [4.78, 5) is 13.6. The van der Waals surface area contributed by atoms with Gasteiger partial charge in [-0.25, -0.2) is 4.79 Å². The molecule has 2 rings (SSSR count). The summed E-state index contributed by atoms with van der Waals surface area (Å²) in [6.07, 6.45) is -1.64. The summed E-state index contributed by atoms with van der Waals surface area (Å²) in [6.45, 7) is 6.47. The van der Waals surface area contributed by atoms with Gasteiger partial charge >= 0.3 is 12.3 Å². The minimum Gasteiger partial charge on any atom is -0.444 e. The van der Waals surface area contributed by atoms with Crippen LogP contribution in [0.2, 0.25) is 0 Å². The number of hydrogen-bond donors (Lipinski definition) is 0. The van der Waals surface area contributed by atoms with Gasteiger partial charge in [0.15, 0.2) is 0 Å². The fraction of sp³-hybridized carbons (Fsp3) is 0.500. The summed E-state index contributed by atoms with van der Waals surface area (Å²) in [5.74, 6) is 0. The molecule has 0 atom stereocenters. The van der Waals surface area contributed by atoms with Gasteiger partial charge in [-0.3, -0.25) is 0 Å². The van der Waals surface area contributed by atoms with Gasteiger partial charge in [-0.15, -0.1) is 0 Å². The molecule has 0 bridgehead atoms. The molecule has 0 aromatic heterocycles. The maximum atomic E-state index is 12.7. The van der Waals surface area contributed by atoms with Crippen molar-refractivity contribution in [1.82, 2.24) is 4.90 Å². The van der Waals surface area contributed by atoms with Crippen molar-refractivity contribution in [2.45, 2.75) is 45.4 Å². The van der Waals surface area contributed by atoms with Gasteiger partial charge in [-0.2, -0.15) is 13.2 Å². The number of piperidine rings is 1. The number of nitrogens with zero attached hydrogens (tertiary/aromatic N) is 1. The topological polar surface area (TPSA) is 29.5 Å². The Morgan fingerprint density at radius 1 is 1.17 bits per heavy atom. The molecule has 1 aliphatic heterocycles. The largest absolute Gasteiger partial charge is 0.444 e. The third-order valence-corrected chi connectivity index (χ3v) is 3.64. The van der Waals surface area contributed by atoms with Crippen molar-refractivity contribution < 1.29 is 22.7 Å². The number of likely N-dealkylation sites (tertiary alicyclic amines) is 1. The predicted octanol–water partition coefficient (Wildman–Crippen LogP) is 5.12. The number of carbonyl (C=O) groups is 1. The fourth-order valence-electron chi connectivity index (χ4n) is 2.49. The van der Waals surface area contributed by atoms with Crippen LogP contribution in [0, 0.1) is 0 Å². The summed E-state index contributed by atoms with van der Waals surface area (Å²) in [7, 11) is 0. The van der Waals surface area contributed by atoms with Crippen LogP contribution in [0.5, 0.6) is 0 Å². The van der Waals surface area contributed by atoms with Crippen molar-refractivity contribution in [2.24, 2.45) is 0 Å². The second-order valence-electron chi connectivity index (χ2n) is 6.89. The van der Waals surface area contributed by atoms with Gasteiger partial charge in [0.1, 0.15) is 5.60 Å². The van der Waals surface area contributed by atoms with Crippen molar-refractivity contribution in [3.63, 3.8) is 0 Å². The highest BCUT2D eigenvalue weighted by Gasteiger charge is 2.30. The third-order valence-electron chi connectivity index (χ3n) is 3.64. The van der Waals surface area contributed by atoms with E-state index in [-0.39, 0.29) is 6.09 Å². The molecule has 1 aromatic rings. The first-order valence-electron chi connectivity index (χ1n) is 7.89. The van der Waals surface area contributed by atoms with Crippen molar-refractivity contribution in [1.29, 1.82) is 0 Å². The normalized spacial score (nSPS) is 16.1. The predicted molar refractivity (Wildman–Crippen MR) is 86.5 cm³/mol. The summed E-state index contributed by atoms with van der Waals surface area (Å²) in [6, 6.07) is 5.27. The molecular formula is C18H22F3NO2. The molecule has 132 valence electrons. The van der Waals surface area contributed by atoms with E-state index in [1.54, 1.807) is 17.0 Å². The van der Waals surface area contributed by atoms with Gasteiger partial charge in [-0.1, -0.05) is 23.8 Å². The van der Waals surface area contributed by atoms with E-state index in [4.69, 9.17) is 4.74 Å². The third kappa shape index (κ3) is 5.28. The van der Waals surface area contributed by atoms with Crippen LogP contribution in [0.25, 0.3) is 6.08 Å². The highest BCUT2D eigenvalue weighted by Crippen LogP contribution is 2.30. The number of amides is 1. The molecule has 1 aromatic carbocycles. The van der Waals surface area contributed by atoms with E-state index in [0.717, 1.165) is 17.7 Å². The van der Waals surface area contributed by atoms with E-state index in [2.05, 4.69) is 0 Å². The van der Waals surface area contributed by atoms with E-state index >= 15 is 0 Å². The summed E-state index contributed by atoms with van der Waals surface area (Å²) < 4.78 is 43.6. The second kappa shape index (κ2) is 6.87. The van der Waals surface area contributed by atoms with E-state index in [1.807, 2.05) is 20.8 Å². The van der Waals surface area contributed by atoms with E-state index < -0.39 is 17.3 Å². The molecule has 0 radical (unpaired) electrons. The summed E-state index contributed by atoms with van der Waals surface area (Å²) in [5, 5.41) is 0. The average Bonchev–Trinajstić information content (AvgIpc) is 2.45. The Balaban J connectivity index is 2.00. The molecule has 6 heteroatoms. The first-order chi connectivity index (χ1) is 11.0.